The highest BCUT2D eigenvalue weighted by molar-refractivity contribution is 7.99. The standard InChI is InChI=1S/C27H42N4O3S2/c1-34-23-9-7-20(8-10-23)15-31-13-11-22(12-14-31)29-27(33)25(30-26(32)24-17-36-19-28-24)18-35-16-21-5-3-2-4-6-21/h7-10,21-22,24-25,28H,2-6,11-19H2,1H3,(H,29,33)(H,30,32)/t24-,25-/m0/s1. The lowest BCUT2D eigenvalue weighted by Gasteiger charge is -2.33. The van der Waals surface area contributed by atoms with Gasteiger partial charge in [-0.3, -0.25) is 19.8 Å². The van der Waals surface area contributed by atoms with Gasteiger partial charge in [0.25, 0.3) is 0 Å². The van der Waals surface area contributed by atoms with Gasteiger partial charge in [0.05, 0.1) is 13.2 Å². The van der Waals surface area contributed by atoms with Gasteiger partial charge in [-0.1, -0.05) is 31.4 Å². The minimum atomic E-state index is -0.476. The van der Waals surface area contributed by atoms with Crippen LogP contribution in [-0.4, -0.2) is 78.2 Å². The maximum absolute atomic E-state index is 13.3. The lowest BCUT2D eigenvalue weighted by Crippen LogP contribution is -2.55. The van der Waals surface area contributed by atoms with Crippen LogP contribution in [0.1, 0.15) is 50.5 Å². The Morgan fingerprint density at radius 2 is 1.89 bits per heavy atom. The summed E-state index contributed by atoms with van der Waals surface area (Å²) in [7, 11) is 1.68. The molecule has 2 aliphatic heterocycles. The van der Waals surface area contributed by atoms with Crippen LogP contribution in [0.5, 0.6) is 5.75 Å². The largest absolute Gasteiger partial charge is 0.497 e. The van der Waals surface area contributed by atoms with Crippen LogP contribution in [0.25, 0.3) is 0 Å². The lowest BCUT2D eigenvalue weighted by molar-refractivity contribution is -0.129. The van der Waals surface area contributed by atoms with Gasteiger partial charge in [-0.25, -0.2) is 0 Å². The smallest absolute Gasteiger partial charge is 0.243 e. The number of amides is 2. The molecule has 0 radical (unpaired) electrons. The van der Waals surface area contributed by atoms with E-state index in [4.69, 9.17) is 4.74 Å². The third kappa shape index (κ3) is 8.57. The summed E-state index contributed by atoms with van der Waals surface area (Å²) in [5.74, 6) is 4.84. The number of carbonyl (C=O) groups is 2. The molecule has 36 heavy (non-hydrogen) atoms. The van der Waals surface area contributed by atoms with E-state index in [9.17, 15) is 9.59 Å². The van der Waals surface area contributed by atoms with Gasteiger partial charge in [0.15, 0.2) is 0 Å². The highest BCUT2D eigenvalue weighted by Crippen LogP contribution is 2.27. The second-order valence-electron chi connectivity index (χ2n) is 10.3. The van der Waals surface area contributed by atoms with Gasteiger partial charge in [0.1, 0.15) is 11.8 Å². The van der Waals surface area contributed by atoms with E-state index >= 15 is 0 Å². The van der Waals surface area contributed by atoms with Gasteiger partial charge in [-0.05, 0) is 55.1 Å². The van der Waals surface area contributed by atoms with E-state index in [1.807, 2.05) is 23.9 Å². The van der Waals surface area contributed by atoms with Crippen LogP contribution in [0, 0.1) is 5.92 Å². The first-order chi connectivity index (χ1) is 17.6. The number of rotatable bonds is 11. The Kier molecular flexibility index (Phi) is 11.1. The number of nitrogens with one attached hydrogen (secondary N) is 3. The summed E-state index contributed by atoms with van der Waals surface area (Å²) in [5, 5.41) is 9.56. The molecule has 2 saturated heterocycles. The zero-order valence-electron chi connectivity index (χ0n) is 21.5. The number of thioether (sulfide) groups is 2. The molecule has 200 valence electrons. The molecule has 4 rings (SSSR count). The maximum Gasteiger partial charge on any atom is 0.243 e. The van der Waals surface area contributed by atoms with Crippen LogP contribution in [0.3, 0.4) is 0 Å². The molecule has 3 aliphatic rings. The predicted molar refractivity (Wildman–Crippen MR) is 150 cm³/mol. The first-order valence-corrected chi connectivity index (χ1v) is 15.8. The Balaban J connectivity index is 1.24. The molecule has 0 bridgehead atoms. The van der Waals surface area contributed by atoms with Crippen LogP contribution < -0.4 is 20.7 Å². The van der Waals surface area contributed by atoms with Crippen LogP contribution in [0.2, 0.25) is 0 Å². The molecule has 1 aromatic rings. The molecule has 1 saturated carbocycles. The quantitative estimate of drug-likeness (QED) is 0.402. The second-order valence-corrected chi connectivity index (χ2v) is 12.4. The molecular weight excluding hydrogens is 492 g/mol. The van der Waals surface area contributed by atoms with Crippen molar-refractivity contribution in [2.45, 2.75) is 69.6 Å². The average molecular weight is 535 g/mol. The molecule has 0 unspecified atom stereocenters. The third-order valence-corrected chi connectivity index (χ3v) is 9.74. The summed E-state index contributed by atoms with van der Waals surface area (Å²) < 4.78 is 5.25. The van der Waals surface area contributed by atoms with Crippen molar-refractivity contribution in [3.8, 4) is 5.75 Å². The molecule has 7 nitrogen and oxygen atoms in total. The monoisotopic (exact) mass is 534 g/mol. The summed E-state index contributed by atoms with van der Waals surface area (Å²) in [4.78, 5) is 28.5. The maximum atomic E-state index is 13.3. The van der Waals surface area contributed by atoms with Crippen LogP contribution in [0.15, 0.2) is 24.3 Å². The number of hydrogen-bond acceptors (Lipinski definition) is 7. The minimum absolute atomic E-state index is 0.0289. The first kappa shape index (κ1) is 27.6. The van der Waals surface area contributed by atoms with E-state index in [0.717, 1.165) is 61.5 Å². The molecule has 1 aliphatic carbocycles. The van der Waals surface area contributed by atoms with Crippen LogP contribution >= 0.6 is 23.5 Å². The summed E-state index contributed by atoms with van der Waals surface area (Å²) in [6, 6.07) is 7.72. The second kappa shape index (κ2) is 14.5. The number of carbonyl (C=O) groups excluding carboxylic acids is 2. The highest BCUT2D eigenvalue weighted by Gasteiger charge is 2.30. The topological polar surface area (TPSA) is 82.7 Å². The zero-order valence-corrected chi connectivity index (χ0v) is 23.1. The summed E-state index contributed by atoms with van der Waals surface area (Å²) >= 11 is 3.55. The predicted octanol–water partition coefficient (Wildman–Crippen LogP) is 3.24. The Hall–Kier alpha value is -1.42. The third-order valence-electron chi connectivity index (χ3n) is 7.53. The number of benzene rings is 1. The van der Waals surface area contributed by atoms with Gasteiger partial charge in [-0.15, -0.1) is 11.8 Å². The van der Waals surface area contributed by atoms with Gasteiger partial charge < -0.3 is 15.4 Å². The molecule has 1 aromatic carbocycles. The van der Waals surface area contributed by atoms with Gasteiger partial charge in [0, 0.05) is 43.1 Å². The van der Waals surface area contributed by atoms with E-state index in [-0.39, 0.29) is 23.9 Å². The Bertz CT molecular complexity index is 821. The normalized spacial score (nSPS) is 22.8. The van der Waals surface area contributed by atoms with Crippen molar-refractivity contribution in [3.63, 3.8) is 0 Å². The molecular formula is C27H42N4O3S2. The van der Waals surface area contributed by atoms with Gasteiger partial charge in [-0.2, -0.15) is 11.8 Å². The number of nitrogens with zero attached hydrogens (tertiary/aromatic N) is 1. The van der Waals surface area contributed by atoms with Crippen molar-refractivity contribution in [2.75, 3.05) is 43.3 Å². The fourth-order valence-corrected chi connectivity index (χ4v) is 7.47. The van der Waals surface area contributed by atoms with Crippen molar-refractivity contribution in [2.24, 2.45) is 5.92 Å². The molecule has 0 spiro atoms. The van der Waals surface area contributed by atoms with E-state index in [1.165, 1.54) is 37.7 Å². The fraction of sp³-hybridized carbons (Fsp3) is 0.704. The first-order valence-electron chi connectivity index (χ1n) is 13.5. The zero-order chi connectivity index (χ0) is 25.2. The molecule has 0 aromatic heterocycles. The number of piperidine rings is 1. The van der Waals surface area contributed by atoms with E-state index in [0.29, 0.717) is 5.75 Å². The summed E-state index contributed by atoms with van der Waals surface area (Å²) in [5.41, 5.74) is 1.27. The van der Waals surface area contributed by atoms with Crippen molar-refractivity contribution in [1.82, 2.24) is 20.9 Å². The number of ether oxygens (including phenoxy) is 1. The van der Waals surface area contributed by atoms with Crippen molar-refractivity contribution < 1.29 is 14.3 Å². The summed E-state index contributed by atoms with van der Waals surface area (Å²) in [6.45, 7) is 2.81. The molecule has 2 atom stereocenters. The van der Waals surface area contributed by atoms with E-state index in [2.05, 4.69) is 33.0 Å². The van der Waals surface area contributed by atoms with Crippen LogP contribution in [-0.2, 0) is 16.1 Å². The Morgan fingerprint density at radius 3 is 2.56 bits per heavy atom. The molecule has 3 fully saturated rings. The SMILES string of the molecule is COc1ccc(CN2CCC(NC(=O)[C@H](CSCC3CCCCC3)NC(=O)[C@@H]3CSCN3)CC2)cc1. The fourth-order valence-electron chi connectivity index (χ4n) is 5.25. The Morgan fingerprint density at radius 1 is 1.14 bits per heavy atom. The molecule has 3 N–H and O–H groups in total. The number of likely N-dealkylation sites (tertiary alicyclic amines) is 1. The van der Waals surface area contributed by atoms with Gasteiger partial charge in [0.2, 0.25) is 11.8 Å². The molecule has 2 heterocycles. The number of hydrogen-bond donors (Lipinski definition) is 3. The van der Waals surface area contributed by atoms with Crippen molar-refractivity contribution >= 4 is 35.3 Å². The van der Waals surface area contributed by atoms with E-state index in [1.54, 1.807) is 18.9 Å². The van der Waals surface area contributed by atoms with Crippen LogP contribution in [0.4, 0.5) is 0 Å². The number of methoxy groups -OCH3 is 1. The van der Waals surface area contributed by atoms with Crippen molar-refractivity contribution in [1.29, 1.82) is 0 Å². The molecule has 2 amide bonds. The van der Waals surface area contributed by atoms with Crippen molar-refractivity contribution in [3.05, 3.63) is 29.8 Å². The van der Waals surface area contributed by atoms with Gasteiger partial charge >= 0.3 is 0 Å². The summed E-state index contributed by atoms with van der Waals surface area (Å²) in [6.07, 6.45) is 8.47. The molecule has 9 heteroatoms. The minimum Gasteiger partial charge on any atom is -0.497 e. The Labute approximate surface area is 224 Å². The average Bonchev–Trinajstić information content (AvgIpc) is 3.46. The lowest BCUT2D eigenvalue weighted by atomic mass is 9.91. The highest BCUT2D eigenvalue weighted by atomic mass is 32.2. The van der Waals surface area contributed by atoms with E-state index < -0.39 is 6.04 Å².